The third-order valence-electron chi connectivity index (χ3n) is 4.77. The van der Waals surface area contributed by atoms with Crippen LogP contribution in [0.25, 0.3) is 11.2 Å². The van der Waals surface area contributed by atoms with Crippen molar-refractivity contribution in [3.05, 3.63) is 41.7 Å². The molecule has 0 radical (unpaired) electrons. The second-order valence-corrected chi connectivity index (χ2v) is 7.46. The Hall–Kier alpha value is -3.75. The molecule has 1 aliphatic rings. The zero-order chi connectivity index (χ0) is 23.7. The molecule has 4 rings (SSSR count). The van der Waals surface area contributed by atoms with Crippen molar-refractivity contribution in [1.82, 2.24) is 19.5 Å². The van der Waals surface area contributed by atoms with Crippen LogP contribution in [0.2, 0.25) is 5.02 Å². The molecule has 3 heterocycles. The van der Waals surface area contributed by atoms with Gasteiger partial charge in [-0.1, -0.05) is 17.5 Å². The van der Waals surface area contributed by atoms with Gasteiger partial charge in [-0.25, -0.2) is 19.3 Å². The summed E-state index contributed by atoms with van der Waals surface area (Å²) in [6, 6.07) is 3.86. The average Bonchev–Trinajstić information content (AvgIpc) is 3.31. The number of hydrogen-bond donors (Lipinski definition) is 1. The van der Waals surface area contributed by atoms with E-state index in [0.29, 0.717) is 22.7 Å². The second kappa shape index (κ2) is 9.01. The van der Waals surface area contributed by atoms with E-state index in [4.69, 9.17) is 32.2 Å². The zero-order valence-electron chi connectivity index (χ0n) is 17.4. The number of aromatic nitrogens is 4. The number of carbonyl (C=O) groups excluding carboxylic acids is 2. The Balaban J connectivity index is 1.73. The van der Waals surface area contributed by atoms with Gasteiger partial charge in [0, 0.05) is 13.8 Å². The molecule has 33 heavy (non-hydrogen) atoms. The normalized spacial score (nSPS) is 22.0. The Morgan fingerprint density at radius 2 is 1.94 bits per heavy atom. The van der Waals surface area contributed by atoms with Crippen molar-refractivity contribution < 1.29 is 28.2 Å². The molecule has 1 saturated heterocycles. The van der Waals surface area contributed by atoms with Crippen LogP contribution in [0.15, 0.2) is 30.9 Å². The molecule has 1 aromatic carbocycles. The summed E-state index contributed by atoms with van der Waals surface area (Å²) in [6.45, 7) is 2.43. The van der Waals surface area contributed by atoms with Crippen molar-refractivity contribution in [3.8, 4) is 12.3 Å². The van der Waals surface area contributed by atoms with E-state index in [9.17, 15) is 14.0 Å². The summed E-state index contributed by atoms with van der Waals surface area (Å²) in [5.74, 6) is 0.986. The summed E-state index contributed by atoms with van der Waals surface area (Å²) < 4.78 is 31.4. The highest BCUT2D eigenvalue weighted by Gasteiger charge is 2.50. The molecule has 4 unspecified atom stereocenters. The fourth-order valence-corrected chi connectivity index (χ4v) is 3.70. The van der Waals surface area contributed by atoms with Gasteiger partial charge in [0.1, 0.15) is 12.1 Å². The summed E-state index contributed by atoms with van der Waals surface area (Å²) in [4.78, 5) is 36.1. The molecular weight excluding hydrogens is 457 g/mol. The van der Waals surface area contributed by atoms with Gasteiger partial charge in [-0.2, -0.15) is 0 Å². The number of fused-ring (bicyclic) bond motifs is 1. The number of esters is 2. The molecule has 0 bridgehead atoms. The first kappa shape index (κ1) is 22.4. The minimum atomic E-state index is -1.05. The summed E-state index contributed by atoms with van der Waals surface area (Å²) in [6.07, 6.45) is 4.19. The number of hydrogen-bond acceptors (Lipinski definition) is 9. The fourth-order valence-electron chi connectivity index (χ4n) is 3.48. The number of ether oxygens (including phenoxy) is 3. The molecule has 1 fully saturated rings. The van der Waals surface area contributed by atoms with Crippen LogP contribution in [0.4, 0.5) is 15.9 Å². The maximum atomic E-state index is 13.4. The Kier molecular flexibility index (Phi) is 6.13. The van der Waals surface area contributed by atoms with Gasteiger partial charge >= 0.3 is 11.9 Å². The minimum Gasteiger partial charge on any atom is -0.455 e. The quantitative estimate of drug-likeness (QED) is 0.440. The maximum absolute atomic E-state index is 13.4. The third-order valence-corrected chi connectivity index (χ3v) is 5.09. The number of imidazole rings is 1. The van der Waals surface area contributed by atoms with E-state index in [-0.39, 0.29) is 5.02 Å². The van der Waals surface area contributed by atoms with E-state index < -0.39 is 42.3 Å². The van der Waals surface area contributed by atoms with Crippen LogP contribution in [-0.4, -0.2) is 49.8 Å². The lowest BCUT2D eigenvalue weighted by Crippen LogP contribution is -2.38. The second-order valence-electron chi connectivity index (χ2n) is 7.06. The van der Waals surface area contributed by atoms with Crippen molar-refractivity contribution in [2.24, 2.45) is 0 Å². The summed E-state index contributed by atoms with van der Waals surface area (Å²) >= 11 is 6.10. The summed E-state index contributed by atoms with van der Waals surface area (Å²) in [7, 11) is 0. The van der Waals surface area contributed by atoms with Crippen LogP contribution in [-0.2, 0) is 23.8 Å². The molecule has 0 saturated carbocycles. The molecule has 10 nitrogen and oxygen atoms in total. The first-order valence-electron chi connectivity index (χ1n) is 9.64. The lowest BCUT2D eigenvalue weighted by Gasteiger charge is -2.23. The van der Waals surface area contributed by atoms with Gasteiger partial charge in [-0.3, -0.25) is 14.2 Å². The number of rotatable bonds is 5. The number of terminal acetylenes is 1. The largest absolute Gasteiger partial charge is 0.455 e. The number of halogens is 2. The molecule has 0 amide bonds. The van der Waals surface area contributed by atoms with Crippen molar-refractivity contribution in [1.29, 1.82) is 0 Å². The van der Waals surface area contributed by atoms with Gasteiger partial charge in [0.05, 0.1) is 17.0 Å². The molecule has 12 heteroatoms. The number of anilines is 2. The predicted octanol–water partition coefficient (Wildman–Crippen LogP) is 2.76. The van der Waals surface area contributed by atoms with Gasteiger partial charge in [0.25, 0.3) is 0 Å². The molecule has 0 spiro atoms. The SMILES string of the molecule is C#CC1OC(n2cnc3c(Nc4ccc(F)cc4Cl)ncnc32)C(OC(C)=O)C1OC(C)=O. The molecule has 3 aromatic rings. The fraction of sp³-hybridized carbons (Fsp3) is 0.286. The summed E-state index contributed by atoms with van der Waals surface area (Å²) in [5, 5.41) is 3.14. The van der Waals surface area contributed by atoms with Gasteiger partial charge in [-0.05, 0) is 18.2 Å². The van der Waals surface area contributed by atoms with Crippen molar-refractivity contribution in [2.45, 2.75) is 38.4 Å². The molecule has 2 aromatic heterocycles. The lowest BCUT2D eigenvalue weighted by atomic mass is 10.1. The number of carbonyl (C=O) groups is 2. The number of nitrogens with zero attached hydrogens (tertiary/aromatic N) is 4. The molecule has 4 atom stereocenters. The first-order chi connectivity index (χ1) is 15.8. The first-order valence-corrected chi connectivity index (χ1v) is 10.0. The number of nitrogens with one attached hydrogen (secondary N) is 1. The predicted molar refractivity (Wildman–Crippen MR) is 114 cm³/mol. The standard InChI is InChI=1S/C21H17ClFN5O5/c1-4-15-17(31-10(2)29)18(32-11(3)30)21(33-15)28-9-26-16-19(24-8-25-20(16)28)27-14-6-5-12(23)7-13(14)22/h1,5-9,15,17-18,21H,2-3H3,(H,24,25,27). The van der Waals surface area contributed by atoms with E-state index in [2.05, 4.69) is 26.2 Å². The van der Waals surface area contributed by atoms with Crippen LogP contribution in [0, 0.1) is 18.2 Å². The maximum Gasteiger partial charge on any atom is 0.303 e. The van der Waals surface area contributed by atoms with Crippen LogP contribution in [0.3, 0.4) is 0 Å². The van der Waals surface area contributed by atoms with E-state index in [0.717, 1.165) is 6.07 Å². The molecule has 0 aliphatic carbocycles. The van der Waals surface area contributed by atoms with Crippen LogP contribution < -0.4 is 5.32 Å². The Bertz CT molecular complexity index is 1280. The van der Waals surface area contributed by atoms with Gasteiger partial charge in [0.2, 0.25) is 0 Å². The monoisotopic (exact) mass is 473 g/mol. The van der Waals surface area contributed by atoms with Crippen LogP contribution >= 0.6 is 11.6 Å². The topological polar surface area (TPSA) is 117 Å². The number of benzene rings is 1. The molecule has 1 N–H and O–H groups in total. The van der Waals surface area contributed by atoms with E-state index in [1.807, 2.05) is 0 Å². The smallest absolute Gasteiger partial charge is 0.303 e. The van der Waals surface area contributed by atoms with Crippen molar-refractivity contribution in [3.63, 3.8) is 0 Å². The highest BCUT2D eigenvalue weighted by Crippen LogP contribution is 2.36. The third kappa shape index (κ3) is 4.44. The zero-order valence-corrected chi connectivity index (χ0v) is 18.1. The van der Waals surface area contributed by atoms with Gasteiger partial charge < -0.3 is 19.5 Å². The molecular formula is C21H17ClFN5O5. The van der Waals surface area contributed by atoms with Gasteiger partial charge in [-0.15, -0.1) is 6.42 Å². The van der Waals surface area contributed by atoms with Gasteiger partial charge in [0.15, 0.2) is 41.5 Å². The molecule has 1 aliphatic heterocycles. The van der Waals surface area contributed by atoms with Crippen LogP contribution in [0.1, 0.15) is 20.1 Å². The highest BCUT2D eigenvalue weighted by atomic mass is 35.5. The lowest BCUT2D eigenvalue weighted by molar-refractivity contribution is -0.165. The minimum absolute atomic E-state index is 0.149. The Morgan fingerprint density at radius 1 is 1.21 bits per heavy atom. The van der Waals surface area contributed by atoms with Crippen molar-refractivity contribution in [2.75, 3.05) is 5.32 Å². The summed E-state index contributed by atoms with van der Waals surface area (Å²) in [5.41, 5.74) is 1.05. The van der Waals surface area contributed by atoms with Crippen molar-refractivity contribution >= 4 is 46.2 Å². The Morgan fingerprint density at radius 3 is 2.61 bits per heavy atom. The van der Waals surface area contributed by atoms with E-state index in [1.54, 1.807) is 0 Å². The van der Waals surface area contributed by atoms with E-state index in [1.165, 1.54) is 43.2 Å². The van der Waals surface area contributed by atoms with E-state index >= 15 is 0 Å². The Labute approximate surface area is 192 Å². The average molecular weight is 474 g/mol. The van der Waals surface area contributed by atoms with Crippen LogP contribution in [0.5, 0.6) is 0 Å². The molecule has 170 valence electrons. The highest BCUT2D eigenvalue weighted by molar-refractivity contribution is 6.33.